The summed E-state index contributed by atoms with van der Waals surface area (Å²) < 4.78 is 13.2. The van der Waals surface area contributed by atoms with Crippen molar-refractivity contribution in [2.75, 3.05) is 0 Å². The third-order valence-electron chi connectivity index (χ3n) is 1.57. The molecule has 2 N–H and O–H groups in total. The molecule has 1 nitrogen and oxygen atoms in total. The highest BCUT2D eigenvalue weighted by atomic mass is 35.5. The standard InChI is InChI=1S/C9H11ClFN/c1-6(12)5-7-3-2-4-8(10)9(7)11/h2-4,6H,5,12H2,1H3. The van der Waals surface area contributed by atoms with E-state index in [1.807, 2.05) is 6.92 Å². The van der Waals surface area contributed by atoms with Gasteiger partial charge in [-0.3, -0.25) is 0 Å². The van der Waals surface area contributed by atoms with E-state index < -0.39 is 0 Å². The predicted octanol–water partition coefficient (Wildman–Crippen LogP) is 2.37. The van der Waals surface area contributed by atoms with Gasteiger partial charge in [-0.1, -0.05) is 23.7 Å². The van der Waals surface area contributed by atoms with Gasteiger partial charge in [-0.2, -0.15) is 0 Å². The molecule has 1 aromatic rings. The summed E-state index contributed by atoms with van der Waals surface area (Å²) in [4.78, 5) is 0. The summed E-state index contributed by atoms with van der Waals surface area (Å²) in [5.74, 6) is -0.350. The number of nitrogens with two attached hydrogens (primary N) is 1. The Morgan fingerprint density at radius 3 is 2.83 bits per heavy atom. The number of benzene rings is 1. The van der Waals surface area contributed by atoms with Crippen molar-refractivity contribution in [3.05, 3.63) is 34.6 Å². The van der Waals surface area contributed by atoms with Crippen LogP contribution in [0.25, 0.3) is 0 Å². The Labute approximate surface area is 76.3 Å². The maximum Gasteiger partial charge on any atom is 0.145 e. The summed E-state index contributed by atoms with van der Waals surface area (Å²) >= 11 is 5.58. The predicted molar refractivity (Wildman–Crippen MR) is 48.8 cm³/mol. The molecule has 0 heterocycles. The smallest absolute Gasteiger partial charge is 0.145 e. The maximum atomic E-state index is 13.2. The highest BCUT2D eigenvalue weighted by molar-refractivity contribution is 6.30. The van der Waals surface area contributed by atoms with Crippen molar-refractivity contribution in [1.29, 1.82) is 0 Å². The highest BCUT2D eigenvalue weighted by Crippen LogP contribution is 2.18. The van der Waals surface area contributed by atoms with Gasteiger partial charge in [0.1, 0.15) is 5.82 Å². The van der Waals surface area contributed by atoms with Crippen LogP contribution in [0.4, 0.5) is 4.39 Å². The largest absolute Gasteiger partial charge is 0.328 e. The van der Waals surface area contributed by atoms with Gasteiger partial charge in [0.15, 0.2) is 0 Å². The Balaban J connectivity index is 2.92. The number of halogens is 2. The minimum atomic E-state index is -0.350. The first-order chi connectivity index (χ1) is 5.61. The van der Waals surface area contributed by atoms with Crippen LogP contribution in [-0.4, -0.2) is 6.04 Å². The third kappa shape index (κ3) is 2.19. The summed E-state index contributed by atoms with van der Waals surface area (Å²) in [6.45, 7) is 1.83. The zero-order chi connectivity index (χ0) is 9.14. The summed E-state index contributed by atoms with van der Waals surface area (Å²) in [5.41, 5.74) is 6.11. The Bertz CT molecular complexity index is 273. The molecular weight excluding hydrogens is 177 g/mol. The highest BCUT2D eigenvalue weighted by Gasteiger charge is 2.06. The van der Waals surface area contributed by atoms with E-state index in [0.29, 0.717) is 12.0 Å². The van der Waals surface area contributed by atoms with Crippen LogP contribution < -0.4 is 5.73 Å². The van der Waals surface area contributed by atoms with Crippen LogP contribution in [0, 0.1) is 5.82 Å². The molecule has 0 amide bonds. The molecule has 66 valence electrons. The van der Waals surface area contributed by atoms with Gasteiger partial charge < -0.3 is 5.73 Å². The molecule has 0 saturated heterocycles. The topological polar surface area (TPSA) is 26.0 Å². The molecule has 0 aliphatic carbocycles. The lowest BCUT2D eigenvalue weighted by Gasteiger charge is -2.06. The lowest BCUT2D eigenvalue weighted by molar-refractivity contribution is 0.596. The molecule has 0 saturated carbocycles. The van der Waals surface area contributed by atoms with E-state index in [2.05, 4.69) is 0 Å². The molecule has 0 aliphatic heterocycles. The van der Waals surface area contributed by atoms with E-state index in [4.69, 9.17) is 17.3 Å². The van der Waals surface area contributed by atoms with Crippen molar-refractivity contribution in [2.45, 2.75) is 19.4 Å². The van der Waals surface area contributed by atoms with Crippen LogP contribution in [0.1, 0.15) is 12.5 Å². The number of hydrogen-bond acceptors (Lipinski definition) is 1. The van der Waals surface area contributed by atoms with Crippen LogP contribution in [0.15, 0.2) is 18.2 Å². The average molecular weight is 188 g/mol. The molecule has 1 atom stereocenters. The van der Waals surface area contributed by atoms with Crippen molar-refractivity contribution < 1.29 is 4.39 Å². The minimum absolute atomic E-state index is 0.0435. The third-order valence-corrected chi connectivity index (χ3v) is 1.87. The van der Waals surface area contributed by atoms with Crippen molar-refractivity contribution in [1.82, 2.24) is 0 Å². The molecule has 12 heavy (non-hydrogen) atoms. The maximum absolute atomic E-state index is 13.2. The second-order valence-corrected chi connectivity index (χ2v) is 3.30. The lowest BCUT2D eigenvalue weighted by Crippen LogP contribution is -2.18. The summed E-state index contributed by atoms with van der Waals surface area (Å²) in [6.07, 6.45) is 0.520. The fourth-order valence-corrected chi connectivity index (χ4v) is 1.25. The van der Waals surface area contributed by atoms with E-state index in [9.17, 15) is 4.39 Å². The van der Waals surface area contributed by atoms with Crippen molar-refractivity contribution in [3.63, 3.8) is 0 Å². The van der Waals surface area contributed by atoms with Crippen LogP contribution >= 0.6 is 11.6 Å². The van der Waals surface area contributed by atoms with E-state index in [1.54, 1.807) is 12.1 Å². The molecule has 0 aliphatic rings. The quantitative estimate of drug-likeness (QED) is 0.756. The first-order valence-electron chi connectivity index (χ1n) is 3.79. The monoisotopic (exact) mass is 187 g/mol. The van der Waals surface area contributed by atoms with Gasteiger partial charge in [0, 0.05) is 6.04 Å². The molecule has 0 fully saturated rings. The van der Waals surface area contributed by atoms with Gasteiger partial charge in [0.05, 0.1) is 5.02 Å². The van der Waals surface area contributed by atoms with E-state index in [1.165, 1.54) is 6.07 Å². The molecule has 1 rings (SSSR count). The van der Waals surface area contributed by atoms with Crippen LogP contribution in [0.2, 0.25) is 5.02 Å². The Hall–Kier alpha value is -0.600. The molecule has 1 unspecified atom stereocenters. The van der Waals surface area contributed by atoms with E-state index in [-0.39, 0.29) is 16.9 Å². The second-order valence-electron chi connectivity index (χ2n) is 2.89. The van der Waals surface area contributed by atoms with Gasteiger partial charge in [-0.25, -0.2) is 4.39 Å². The Kier molecular flexibility index (Phi) is 3.06. The average Bonchev–Trinajstić information content (AvgIpc) is 1.98. The molecule has 3 heteroatoms. The van der Waals surface area contributed by atoms with Gasteiger partial charge in [0.2, 0.25) is 0 Å². The molecule has 0 spiro atoms. The van der Waals surface area contributed by atoms with Crippen molar-refractivity contribution >= 4 is 11.6 Å². The van der Waals surface area contributed by atoms with Gasteiger partial charge in [0.25, 0.3) is 0 Å². The normalized spacial score (nSPS) is 13.0. The number of hydrogen-bond donors (Lipinski definition) is 1. The van der Waals surface area contributed by atoms with Crippen molar-refractivity contribution in [3.8, 4) is 0 Å². The first-order valence-corrected chi connectivity index (χ1v) is 4.17. The van der Waals surface area contributed by atoms with Crippen LogP contribution in [0.3, 0.4) is 0 Å². The first kappa shape index (κ1) is 9.49. The van der Waals surface area contributed by atoms with Crippen LogP contribution in [-0.2, 0) is 6.42 Å². The summed E-state index contributed by atoms with van der Waals surface area (Å²) in [5, 5.41) is 0.160. The van der Waals surface area contributed by atoms with Gasteiger partial charge >= 0.3 is 0 Å². The van der Waals surface area contributed by atoms with E-state index in [0.717, 1.165) is 0 Å². The summed E-state index contributed by atoms with van der Waals surface area (Å²) in [7, 11) is 0. The zero-order valence-electron chi connectivity index (χ0n) is 6.85. The lowest BCUT2D eigenvalue weighted by atomic mass is 10.1. The Morgan fingerprint density at radius 2 is 2.25 bits per heavy atom. The summed E-state index contributed by atoms with van der Waals surface area (Å²) in [6, 6.07) is 4.91. The van der Waals surface area contributed by atoms with Gasteiger partial charge in [-0.15, -0.1) is 0 Å². The van der Waals surface area contributed by atoms with Crippen LogP contribution in [0.5, 0.6) is 0 Å². The van der Waals surface area contributed by atoms with Crippen molar-refractivity contribution in [2.24, 2.45) is 5.73 Å². The second kappa shape index (κ2) is 3.87. The molecule has 0 aromatic heterocycles. The zero-order valence-corrected chi connectivity index (χ0v) is 7.61. The molecular formula is C9H11ClFN. The van der Waals surface area contributed by atoms with E-state index >= 15 is 0 Å². The molecule has 1 aromatic carbocycles. The van der Waals surface area contributed by atoms with Gasteiger partial charge in [-0.05, 0) is 25.0 Å². The Morgan fingerprint density at radius 1 is 1.58 bits per heavy atom. The molecule has 0 radical (unpaired) electrons. The fraction of sp³-hybridized carbons (Fsp3) is 0.333. The number of rotatable bonds is 2. The fourth-order valence-electron chi connectivity index (χ4n) is 1.05. The SMILES string of the molecule is CC(N)Cc1cccc(Cl)c1F. The molecule has 0 bridgehead atoms. The minimum Gasteiger partial charge on any atom is -0.328 e.